The summed E-state index contributed by atoms with van der Waals surface area (Å²) in [7, 11) is 0. The van der Waals surface area contributed by atoms with Crippen LogP contribution < -0.4 is 0 Å². The van der Waals surface area contributed by atoms with Crippen LogP contribution in [0.3, 0.4) is 0 Å². The van der Waals surface area contributed by atoms with E-state index in [4.69, 9.17) is 0 Å². The molecular formula is C15H32Li2Mn-4. The Morgan fingerprint density at radius 2 is 0.833 bits per heavy atom. The van der Waals surface area contributed by atoms with E-state index in [1.165, 1.54) is 25.3 Å². The molecule has 18 heavy (non-hydrogen) atoms. The first-order valence-corrected chi connectivity index (χ1v) is 5.94. The second-order valence-corrected chi connectivity index (χ2v) is 2.85. The summed E-state index contributed by atoms with van der Waals surface area (Å²) < 4.78 is 0. The molecule has 0 rings (SSSR count). The topological polar surface area (TPSA) is 0 Å². The van der Waals surface area contributed by atoms with Gasteiger partial charge in [0.05, 0.1) is 0 Å². The Kier molecular flexibility index (Phi) is 188. The van der Waals surface area contributed by atoms with Crippen LogP contribution in [0.25, 0.3) is 0 Å². The SMILES string of the molecule is C=C[CH2-].[CH2-]CCC.[CH2-]CCC.[CH2-]CCC.[Li].[Li].[Mn]. The van der Waals surface area contributed by atoms with Gasteiger partial charge in [-0.05, 0) is 0 Å². The van der Waals surface area contributed by atoms with Crippen molar-refractivity contribution in [1.82, 2.24) is 0 Å². The van der Waals surface area contributed by atoms with Gasteiger partial charge in [-0.25, -0.2) is 19.6 Å². The van der Waals surface area contributed by atoms with E-state index in [0.29, 0.717) is 0 Å². The molecule has 0 spiro atoms. The Morgan fingerprint density at radius 3 is 0.833 bits per heavy atom. The number of allylic oxidation sites excluding steroid dienone is 1. The van der Waals surface area contributed by atoms with Gasteiger partial charge in [-0.15, -0.1) is 0 Å². The smallest absolute Gasteiger partial charge is 0 e. The van der Waals surface area contributed by atoms with Crippen LogP contribution in [0.5, 0.6) is 0 Å². The Morgan fingerprint density at radius 1 is 0.778 bits per heavy atom. The molecule has 0 fully saturated rings. The maximum atomic E-state index is 3.60. The normalized spacial score (nSPS) is 5.67. The Bertz CT molecular complexity index is 54.0. The van der Waals surface area contributed by atoms with Crippen molar-refractivity contribution in [2.24, 2.45) is 0 Å². The van der Waals surface area contributed by atoms with Crippen molar-refractivity contribution >= 4 is 37.7 Å². The summed E-state index contributed by atoms with van der Waals surface area (Å²) >= 11 is 0. The Balaban J connectivity index is -0.0000000171. The summed E-state index contributed by atoms with van der Waals surface area (Å²) in [6.45, 7) is 23.7. The number of unbranched alkanes of at least 4 members (excludes halogenated alkanes) is 3. The van der Waals surface area contributed by atoms with Gasteiger partial charge in [0.25, 0.3) is 0 Å². The molecule has 0 aromatic rings. The monoisotopic (exact) mass is 281 g/mol. The molecule has 0 aliphatic rings. The molecule has 0 aromatic heterocycles. The van der Waals surface area contributed by atoms with Gasteiger partial charge in [-0.3, -0.25) is 0 Å². The van der Waals surface area contributed by atoms with Crippen LogP contribution in [-0.2, 0) is 17.1 Å². The van der Waals surface area contributed by atoms with E-state index in [0.717, 1.165) is 19.3 Å². The Labute approximate surface area is 153 Å². The molecule has 3 radical (unpaired) electrons. The fourth-order valence-electron chi connectivity index (χ4n) is 0. The van der Waals surface area contributed by atoms with Crippen LogP contribution in [0, 0.1) is 27.7 Å². The zero-order valence-electron chi connectivity index (χ0n) is 13.7. The van der Waals surface area contributed by atoms with E-state index >= 15 is 0 Å². The summed E-state index contributed by atoms with van der Waals surface area (Å²) in [5.74, 6) is 0. The number of hydrogen-bond acceptors (Lipinski definition) is 0. The maximum Gasteiger partial charge on any atom is 0 e. The minimum atomic E-state index is 0. The first kappa shape index (κ1) is 42.7. The number of hydrogen-bond donors (Lipinski definition) is 0. The van der Waals surface area contributed by atoms with Gasteiger partial charge in [0.15, 0.2) is 0 Å². The molecule has 0 amide bonds. The van der Waals surface area contributed by atoms with Crippen molar-refractivity contribution in [3.8, 4) is 0 Å². The molecule has 0 saturated heterocycles. The molecule has 0 aliphatic carbocycles. The molecule has 0 unspecified atom stereocenters. The van der Waals surface area contributed by atoms with E-state index < -0.39 is 0 Å². The first-order chi connectivity index (χ1) is 7.16. The molecule has 0 N–H and O–H groups in total. The van der Waals surface area contributed by atoms with Gasteiger partial charge in [0.2, 0.25) is 0 Å². The molecule has 3 heteroatoms. The summed E-state index contributed by atoms with van der Waals surface area (Å²) in [5, 5.41) is 0. The average molecular weight is 281 g/mol. The van der Waals surface area contributed by atoms with Crippen LogP contribution >= 0.6 is 0 Å². The Hall–Kier alpha value is 1.32. The van der Waals surface area contributed by atoms with Gasteiger partial charge in [0.1, 0.15) is 0 Å². The van der Waals surface area contributed by atoms with Crippen LogP contribution in [0.4, 0.5) is 0 Å². The van der Waals surface area contributed by atoms with Gasteiger partial charge in [0, 0.05) is 54.8 Å². The molecule has 0 aliphatic heterocycles. The quantitative estimate of drug-likeness (QED) is 0.498. The molecule has 0 heterocycles. The van der Waals surface area contributed by atoms with Crippen molar-refractivity contribution in [3.05, 3.63) is 40.3 Å². The standard InChI is InChI=1S/3C4H9.C3H5.2Li.Mn/c3*1-3-4-2;1-3-2;;;/h3*1,3-4H2,2H3;3H,1-2H2;;;/q4*-1;;;. The molecule has 0 aromatic carbocycles. The minimum absolute atomic E-state index is 0. The molecule has 0 nitrogen and oxygen atoms in total. The molecular weight excluding hydrogens is 249 g/mol. The van der Waals surface area contributed by atoms with Crippen molar-refractivity contribution < 1.29 is 17.1 Å². The predicted octanol–water partition coefficient (Wildman–Crippen LogP) is 5.10. The molecule has 105 valence electrons. The molecule has 0 bridgehead atoms. The second kappa shape index (κ2) is 79.4. The third-order valence-corrected chi connectivity index (χ3v) is 1.06. The molecule has 0 atom stereocenters. The van der Waals surface area contributed by atoms with Crippen molar-refractivity contribution in [3.63, 3.8) is 0 Å². The van der Waals surface area contributed by atoms with E-state index in [1.807, 2.05) is 0 Å². The summed E-state index contributed by atoms with van der Waals surface area (Å²) in [5.41, 5.74) is 0. The van der Waals surface area contributed by atoms with Crippen LogP contribution in [0.15, 0.2) is 12.7 Å². The van der Waals surface area contributed by atoms with Gasteiger partial charge in [-0.2, -0.15) is 19.3 Å². The minimum Gasteiger partial charge on any atom is -0.343 e. The third-order valence-electron chi connectivity index (χ3n) is 1.06. The van der Waals surface area contributed by atoms with Crippen LogP contribution in [0.2, 0.25) is 0 Å². The van der Waals surface area contributed by atoms with E-state index in [1.54, 1.807) is 0 Å². The zero-order valence-corrected chi connectivity index (χ0v) is 14.9. The van der Waals surface area contributed by atoms with Gasteiger partial charge >= 0.3 is 0 Å². The van der Waals surface area contributed by atoms with Crippen LogP contribution in [0.1, 0.15) is 59.3 Å². The zero-order chi connectivity index (χ0) is 12.9. The maximum absolute atomic E-state index is 3.60. The fourth-order valence-corrected chi connectivity index (χ4v) is 0. The first-order valence-electron chi connectivity index (χ1n) is 5.94. The van der Waals surface area contributed by atoms with Gasteiger partial charge < -0.3 is 20.8 Å². The largest absolute Gasteiger partial charge is 0.343 e. The summed E-state index contributed by atoms with van der Waals surface area (Å²) in [6.07, 6.45) is 8.33. The predicted molar refractivity (Wildman–Crippen MR) is 87.9 cm³/mol. The summed E-state index contributed by atoms with van der Waals surface area (Å²) in [4.78, 5) is 0. The fraction of sp³-hybridized carbons (Fsp3) is 0.600. The number of rotatable bonds is 3. The summed E-state index contributed by atoms with van der Waals surface area (Å²) in [6, 6.07) is 0. The van der Waals surface area contributed by atoms with Crippen LogP contribution in [-0.4, -0.2) is 37.7 Å². The van der Waals surface area contributed by atoms with Gasteiger partial charge in [-0.1, -0.05) is 40.0 Å². The van der Waals surface area contributed by atoms with E-state index in [2.05, 4.69) is 55.0 Å². The average Bonchev–Trinajstić information content (AvgIpc) is 2.30. The van der Waals surface area contributed by atoms with E-state index in [-0.39, 0.29) is 54.8 Å². The van der Waals surface area contributed by atoms with Crippen molar-refractivity contribution in [1.29, 1.82) is 0 Å². The van der Waals surface area contributed by atoms with Crippen molar-refractivity contribution in [2.75, 3.05) is 0 Å². The van der Waals surface area contributed by atoms with E-state index in [9.17, 15) is 0 Å². The third kappa shape index (κ3) is 247. The van der Waals surface area contributed by atoms with Crippen molar-refractivity contribution in [2.45, 2.75) is 59.3 Å². The molecule has 0 saturated carbocycles. The second-order valence-electron chi connectivity index (χ2n) is 2.85.